The van der Waals surface area contributed by atoms with Crippen molar-refractivity contribution in [2.75, 3.05) is 12.4 Å². The lowest BCUT2D eigenvalue weighted by atomic mass is 9.53. The summed E-state index contributed by atoms with van der Waals surface area (Å²) in [5.41, 5.74) is 3.93. The topological polar surface area (TPSA) is 205 Å². The van der Waals surface area contributed by atoms with Crippen LogP contribution in [0.4, 0.5) is 4.79 Å². The van der Waals surface area contributed by atoms with Crippen molar-refractivity contribution >= 4 is 29.6 Å². The number of rotatable bonds is 9. The minimum Gasteiger partial charge on any atom is -0.508 e. The molecule has 2 amide bonds. The fraction of sp³-hybridized carbons (Fsp3) is 0.700. The van der Waals surface area contributed by atoms with E-state index in [0.29, 0.717) is 23.3 Å². The summed E-state index contributed by atoms with van der Waals surface area (Å²) in [7, 11) is 0. The van der Waals surface area contributed by atoms with Crippen LogP contribution >= 0.6 is 11.6 Å². The second-order valence-corrected chi connectivity index (χ2v) is 13.4. The maximum atomic E-state index is 13.4. The number of carboxylic acids is 1. The van der Waals surface area contributed by atoms with Crippen molar-refractivity contribution in [2.24, 2.45) is 28.5 Å². The van der Waals surface area contributed by atoms with Crippen molar-refractivity contribution in [3.63, 3.8) is 0 Å². The number of carbonyl (C=O) groups excluding carboxylic acids is 2. The lowest BCUT2D eigenvalue weighted by molar-refractivity contribution is -0.322. The highest BCUT2D eigenvalue weighted by atomic mass is 35.5. The van der Waals surface area contributed by atoms with E-state index in [-0.39, 0.29) is 24.1 Å². The number of carboxylic acid groups (broad SMARTS) is 1. The number of urea groups is 1. The highest BCUT2D eigenvalue weighted by Gasteiger charge is 2.59. The number of hydrogen-bond acceptors (Lipinski definition) is 11. The maximum absolute atomic E-state index is 13.4. The van der Waals surface area contributed by atoms with Crippen LogP contribution in [0.5, 0.6) is 5.75 Å². The van der Waals surface area contributed by atoms with E-state index in [1.165, 1.54) is 12.5 Å². The molecule has 0 spiro atoms. The van der Waals surface area contributed by atoms with Crippen LogP contribution in [0.2, 0.25) is 0 Å². The number of nitrogens with one attached hydrogen (secondary N) is 1. The van der Waals surface area contributed by atoms with Gasteiger partial charge in [-0.05, 0) is 91.9 Å². The SMILES string of the molecule is C[C@@]1(ONC(=O)N(CCCl)N=O)C[C@@H](O)[C@H](O)[C@@H](C(=O)OC(C(=O)O)[C@H]2CC[C@@H]3[C@H]4CCc5cc(O)ccc5[C@@H]4CC[C@]23C)O1. The van der Waals surface area contributed by atoms with Gasteiger partial charge in [-0.25, -0.2) is 24.7 Å². The van der Waals surface area contributed by atoms with Crippen LogP contribution in [0.3, 0.4) is 0 Å². The van der Waals surface area contributed by atoms with Gasteiger partial charge in [0.25, 0.3) is 0 Å². The van der Waals surface area contributed by atoms with Crippen LogP contribution in [0.25, 0.3) is 0 Å². The van der Waals surface area contributed by atoms with Crippen molar-refractivity contribution < 1.29 is 49.1 Å². The van der Waals surface area contributed by atoms with Gasteiger partial charge in [-0.2, -0.15) is 5.01 Å². The van der Waals surface area contributed by atoms with E-state index in [2.05, 4.69) is 12.2 Å². The van der Waals surface area contributed by atoms with Crippen molar-refractivity contribution in [2.45, 2.75) is 94.9 Å². The molecular weight excluding hydrogens is 614 g/mol. The number of halogens is 1. The number of nitroso groups, excluding NO2 is 1. The van der Waals surface area contributed by atoms with Crippen LogP contribution in [0.1, 0.15) is 69.4 Å². The van der Waals surface area contributed by atoms with Gasteiger partial charge in [0.05, 0.1) is 17.9 Å². The predicted octanol–water partition coefficient (Wildman–Crippen LogP) is 2.95. The Morgan fingerprint density at radius 1 is 1.20 bits per heavy atom. The van der Waals surface area contributed by atoms with Gasteiger partial charge in [0.1, 0.15) is 11.9 Å². The fourth-order valence-corrected chi connectivity index (χ4v) is 8.57. The summed E-state index contributed by atoms with van der Waals surface area (Å²) in [5.74, 6) is -3.87. The molecule has 5 N–H and O–H groups in total. The number of aromatic hydroxyl groups is 1. The van der Waals surface area contributed by atoms with Gasteiger partial charge in [-0.3, -0.25) is 0 Å². The minimum absolute atomic E-state index is 0.0855. The third-order valence-corrected chi connectivity index (χ3v) is 10.7. The number of phenols is 1. The number of nitrogens with zero attached hydrogens (tertiary/aromatic N) is 2. The Bertz CT molecular complexity index is 1320. The van der Waals surface area contributed by atoms with Crippen molar-refractivity contribution in [3.8, 4) is 5.75 Å². The first kappa shape index (κ1) is 33.3. The molecule has 3 aliphatic carbocycles. The van der Waals surface area contributed by atoms with E-state index >= 15 is 0 Å². The predicted molar refractivity (Wildman–Crippen MR) is 156 cm³/mol. The second kappa shape index (κ2) is 13.0. The lowest BCUT2D eigenvalue weighted by Gasteiger charge is -2.51. The van der Waals surface area contributed by atoms with E-state index < -0.39 is 65.9 Å². The molecule has 1 saturated heterocycles. The van der Waals surface area contributed by atoms with Gasteiger partial charge in [0.2, 0.25) is 6.10 Å². The molecule has 45 heavy (non-hydrogen) atoms. The fourth-order valence-electron chi connectivity index (χ4n) is 8.41. The summed E-state index contributed by atoms with van der Waals surface area (Å²) in [6, 6.07) is 4.46. The number of hydroxylamine groups is 1. The van der Waals surface area contributed by atoms with E-state index in [9.17, 15) is 39.7 Å². The summed E-state index contributed by atoms with van der Waals surface area (Å²) < 4.78 is 11.2. The molecule has 1 unspecified atom stereocenters. The molecule has 15 heteroatoms. The third kappa shape index (κ3) is 6.35. The quantitative estimate of drug-likeness (QED) is 0.113. The van der Waals surface area contributed by atoms with E-state index in [4.69, 9.17) is 25.9 Å². The zero-order valence-corrected chi connectivity index (χ0v) is 25.9. The number of benzene rings is 1. The zero-order valence-electron chi connectivity index (χ0n) is 25.1. The largest absolute Gasteiger partial charge is 0.508 e. The molecule has 0 bridgehead atoms. The van der Waals surface area contributed by atoms with E-state index in [1.807, 2.05) is 17.6 Å². The second-order valence-electron chi connectivity index (χ2n) is 13.1. The molecule has 1 heterocycles. The number of phenolic OH excluding ortho intramolecular Hbond substituents is 1. The number of aliphatic hydroxyl groups excluding tert-OH is 2. The van der Waals surface area contributed by atoms with E-state index in [0.717, 1.165) is 37.7 Å². The van der Waals surface area contributed by atoms with E-state index in [1.54, 1.807) is 6.07 Å². The monoisotopic (exact) mass is 653 g/mol. The zero-order chi connectivity index (χ0) is 32.7. The highest BCUT2D eigenvalue weighted by molar-refractivity contribution is 6.18. The van der Waals surface area contributed by atoms with Crippen molar-refractivity contribution in [3.05, 3.63) is 34.2 Å². The molecule has 1 aromatic carbocycles. The summed E-state index contributed by atoms with van der Waals surface area (Å²) in [4.78, 5) is 54.4. The van der Waals surface area contributed by atoms with Crippen LogP contribution in [-0.4, -0.2) is 86.0 Å². The smallest absolute Gasteiger partial charge is 0.364 e. The number of fused-ring (bicyclic) bond motifs is 5. The maximum Gasteiger partial charge on any atom is 0.364 e. The van der Waals surface area contributed by atoms with Gasteiger partial charge in [-0.1, -0.05) is 13.0 Å². The average Bonchev–Trinajstić information content (AvgIpc) is 3.35. The number of aliphatic hydroxyl groups is 2. The number of aryl methyl sites for hydroxylation is 1. The number of esters is 1. The molecule has 4 aliphatic rings. The number of carbonyl (C=O) groups is 3. The molecular formula is C30H40ClN3O11. The minimum atomic E-state index is -1.87. The molecule has 3 fully saturated rings. The molecule has 1 aromatic rings. The van der Waals surface area contributed by atoms with Crippen LogP contribution in [-0.2, 0) is 30.3 Å². The van der Waals surface area contributed by atoms with Crippen LogP contribution in [0.15, 0.2) is 23.5 Å². The number of aliphatic carboxylic acids is 1. The normalized spacial score (nSPS) is 36.1. The van der Waals surface area contributed by atoms with Gasteiger partial charge in [0, 0.05) is 18.2 Å². The van der Waals surface area contributed by atoms with Crippen molar-refractivity contribution in [1.82, 2.24) is 10.5 Å². The van der Waals surface area contributed by atoms with Crippen molar-refractivity contribution in [1.29, 1.82) is 0 Å². The Hall–Kier alpha value is -3.04. The Morgan fingerprint density at radius 3 is 2.64 bits per heavy atom. The Balaban J connectivity index is 1.29. The molecule has 0 aromatic heterocycles. The first-order valence-electron chi connectivity index (χ1n) is 15.3. The van der Waals surface area contributed by atoms with Gasteiger partial charge >= 0.3 is 18.0 Å². The number of ether oxygens (including phenoxy) is 2. The third-order valence-electron chi connectivity index (χ3n) is 10.5. The molecule has 0 radical (unpaired) electrons. The Labute approximate surface area is 264 Å². The number of amides is 2. The number of hydrogen-bond donors (Lipinski definition) is 5. The summed E-state index contributed by atoms with van der Waals surface area (Å²) in [5, 5.41) is 44.4. The molecule has 2 saturated carbocycles. The summed E-state index contributed by atoms with van der Waals surface area (Å²) in [6.07, 6.45) is -2.46. The lowest BCUT2D eigenvalue weighted by Crippen LogP contribution is -2.60. The summed E-state index contributed by atoms with van der Waals surface area (Å²) >= 11 is 5.55. The van der Waals surface area contributed by atoms with Gasteiger partial charge in [0.15, 0.2) is 11.9 Å². The van der Waals surface area contributed by atoms with Gasteiger partial charge in [-0.15, -0.1) is 16.5 Å². The van der Waals surface area contributed by atoms with Gasteiger partial charge < -0.3 is 29.9 Å². The molecule has 14 nitrogen and oxygen atoms in total. The first-order valence-corrected chi connectivity index (χ1v) is 15.8. The molecule has 1 aliphatic heterocycles. The molecule has 10 atom stereocenters. The first-order chi connectivity index (χ1) is 21.3. The number of alkyl halides is 1. The van der Waals surface area contributed by atoms with Crippen LogP contribution in [0, 0.1) is 28.1 Å². The highest BCUT2D eigenvalue weighted by Crippen LogP contribution is 2.64. The summed E-state index contributed by atoms with van der Waals surface area (Å²) in [6.45, 7) is 3.14. The Morgan fingerprint density at radius 2 is 1.96 bits per heavy atom. The standard InChI is InChI=1S/C30H40ClN3O11/c1-29-10-9-18-17-6-4-16(35)13-15(17)3-5-19(18)20(29)7-8-21(29)24(26(38)39)43-27(40)25-23(37)22(36)14-30(2,44-25)45-32-28(41)34(33-42)12-11-31/h4,6,13,18-25,35-37H,3,5,7-12,14H2,1-2H3,(H,32,41)(H,38,39)/t18-,19-,20+,21+,22+,23-,24?,25-,29-,30+/m0/s1. The average molecular weight is 654 g/mol. The molecule has 248 valence electrons. The Kier molecular flexibility index (Phi) is 9.62. The molecule has 5 rings (SSSR count). The van der Waals surface area contributed by atoms with Crippen LogP contribution < -0.4 is 5.48 Å².